The Morgan fingerprint density at radius 2 is 1.78 bits per heavy atom. The number of benzene rings is 3. The first-order valence-electron chi connectivity index (χ1n) is 15.6. The summed E-state index contributed by atoms with van der Waals surface area (Å²) < 4.78 is 19.1. The number of fused-ring (bicyclic) bond motifs is 2. The summed E-state index contributed by atoms with van der Waals surface area (Å²) in [5.74, 6) is 1.02. The van der Waals surface area contributed by atoms with Crippen LogP contribution in [0.25, 0.3) is 32.8 Å². The maximum absolute atomic E-state index is 12.6. The number of carbonyl (C=O) groups excluding carboxylic acids is 2. The van der Waals surface area contributed by atoms with Crippen LogP contribution in [0.1, 0.15) is 39.0 Å². The SMILES string of the molecule is CCOC(=O)Cc1ccccc1OCc1c2cc(-c3cccc4c(N)nccc34)ccc2nn1CC1CN(C(=O)OC(C)(C)C)C1. The molecule has 3 heterocycles. The van der Waals surface area contributed by atoms with Crippen molar-refractivity contribution in [2.75, 3.05) is 25.4 Å². The number of ether oxygens (including phenoxy) is 3. The Morgan fingerprint density at radius 3 is 2.57 bits per heavy atom. The first kappa shape index (κ1) is 30.9. The lowest BCUT2D eigenvalue weighted by atomic mass is 9.97. The van der Waals surface area contributed by atoms with E-state index in [9.17, 15) is 9.59 Å². The Kier molecular flexibility index (Phi) is 8.53. The molecule has 2 aromatic heterocycles. The van der Waals surface area contributed by atoms with E-state index in [0.717, 1.165) is 44.1 Å². The summed E-state index contributed by atoms with van der Waals surface area (Å²) in [5, 5.41) is 7.86. The van der Waals surface area contributed by atoms with Gasteiger partial charge in [0, 0.05) is 48.1 Å². The van der Waals surface area contributed by atoms with Gasteiger partial charge in [-0.3, -0.25) is 9.48 Å². The van der Waals surface area contributed by atoms with Gasteiger partial charge in [0.2, 0.25) is 0 Å². The van der Waals surface area contributed by atoms with E-state index < -0.39 is 5.60 Å². The fraction of sp³-hybridized carbons (Fsp3) is 0.333. The molecule has 6 rings (SSSR count). The molecule has 1 aliphatic rings. The van der Waals surface area contributed by atoms with Crippen LogP contribution in [0.2, 0.25) is 0 Å². The lowest BCUT2D eigenvalue weighted by Gasteiger charge is -2.39. The number of hydrogen-bond donors (Lipinski definition) is 1. The van der Waals surface area contributed by atoms with Gasteiger partial charge in [-0.2, -0.15) is 5.10 Å². The highest BCUT2D eigenvalue weighted by Crippen LogP contribution is 2.34. The minimum atomic E-state index is -0.542. The van der Waals surface area contributed by atoms with Crippen LogP contribution in [0.5, 0.6) is 5.75 Å². The van der Waals surface area contributed by atoms with Crippen molar-refractivity contribution in [2.24, 2.45) is 5.92 Å². The number of nitrogen functional groups attached to an aromatic ring is 1. The fourth-order valence-electron chi connectivity index (χ4n) is 5.85. The van der Waals surface area contributed by atoms with Gasteiger partial charge in [0.1, 0.15) is 23.8 Å². The second-order valence-electron chi connectivity index (χ2n) is 12.6. The number of likely N-dealkylation sites (tertiary alicyclic amines) is 1. The maximum Gasteiger partial charge on any atom is 0.410 e. The highest BCUT2D eigenvalue weighted by Gasteiger charge is 2.34. The fourth-order valence-corrected chi connectivity index (χ4v) is 5.85. The number of para-hydroxylation sites is 1. The van der Waals surface area contributed by atoms with Gasteiger partial charge in [-0.1, -0.05) is 42.5 Å². The average Bonchev–Trinajstić information content (AvgIpc) is 3.33. The van der Waals surface area contributed by atoms with E-state index in [2.05, 4.69) is 23.2 Å². The van der Waals surface area contributed by atoms with E-state index in [1.807, 2.05) is 74.0 Å². The van der Waals surface area contributed by atoms with Crippen molar-refractivity contribution >= 4 is 39.6 Å². The van der Waals surface area contributed by atoms with Crippen molar-refractivity contribution in [3.63, 3.8) is 0 Å². The van der Waals surface area contributed by atoms with Crippen LogP contribution >= 0.6 is 0 Å². The Balaban J connectivity index is 1.32. The highest BCUT2D eigenvalue weighted by atomic mass is 16.6. The molecule has 46 heavy (non-hydrogen) atoms. The van der Waals surface area contributed by atoms with E-state index in [-0.39, 0.29) is 31.0 Å². The number of carbonyl (C=O) groups is 2. The molecule has 1 saturated heterocycles. The third kappa shape index (κ3) is 6.61. The van der Waals surface area contributed by atoms with Crippen LogP contribution in [0.3, 0.4) is 0 Å². The number of hydrogen-bond acceptors (Lipinski definition) is 8. The summed E-state index contributed by atoms with van der Waals surface area (Å²) in [7, 11) is 0. The molecule has 1 aliphatic heterocycles. The average molecular weight is 622 g/mol. The lowest BCUT2D eigenvalue weighted by molar-refractivity contribution is -0.142. The predicted molar refractivity (Wildman–Crippen MR) is 177 cm³/mol. The molecule has 0 atom stereocenters. The molecule has 5 aromatic rings. The molecule has 0 aliphatic carbocycles. The highest BCUT2D eigenvalue weighted by molar-refractivity contribution is 6.02. The molecule has 0 radical (unpaired) electrons. The number of amides is 1. The minimum absolute atomic E-state index is 0.121. The van der Waals surface area contributed by atoms with Gasteiger partial charge in [-0.25, -0.2) is 9.78 Å². The zero-order chi connectivity index (χ0) is 32.4. The first-order valence-corrected chi connectivity index (χ1v) is 15.6. The van der Waals surface area contributed by atoms with Crippen molar-refractivity contribution in [3.05, 3.63) is 84.2 Å². The summed E-state index contributed by atoms with van der Waals surface area (Å²) in [4.78, 5) is 30.8. The second kappa shape index (κ2) is 12.7. The molecule has 10 heteroatoms. The number of esters is 1. The topological polar surface area (TPSA) is 122 Å². The zero-order valence-electron chi connectivity index (χ0n) is 26.7. The summed E-state index contributed by atoms with van der Waals surface area (Å²) in [5.41, 5.74) is 10.2. The molecule has 10 nitrogen and oxygen atoms in total. The molecular weight excluding hydrogens is 582 g/mol. The molecular formula is C36H39N5O5. The van der Waals surface area contributed by atoms with Crippen LogP contribution in [-0.2, 0) is 33.8 Å². The van der Waals surface area contributed by atoms with Crippen molar-refractivity contribution in [3.8, 4) is 16.9 Å². The maximum atomic E-state index is 12.6. The van der Waals surface area contributed by atoms with Crippen LogP contribution in [-0.4, -0.2) is 57.0 Å². The van der Waals surface area contributed by atoms with Crippen LogP contribution in [0.4, 0.5) is 10.6 Å². The van der Waals surface area contributed by atoms with E-state index in [0.29, 0.717) is 37.8 Å². The summed E-state index contributed by atoms with van der Waals surface area (Å²) in [6, 6.07) is 21.8. The van der Waals surface area contributed by atoms with Gasteiger partial charge >= 0.3 is 12.1 Å². The number of nitrogens with zero attached hydrogens (tertiary/aromatic N) is 4. The largest absolute Gasteiger partial charge is 0.487 e. The molecule has 1 amide bonds. The molecule has 2 N–H and O–H groups in total. The quantitative estimate of drug-likeness (QED) is 0.188. The van der Waals surface area contributed by atoms with Crippen LogP contribution < -0.4 is 10.5 Å². The Hall–Kier alpha value is -5.12. The smallest absolute Gasteiger partial charge is 0.410 e. The number of nitrogens with two attached hydrogens (primary N) is 1. The normalized spacial score (nSPS) is 13.5. The Bertz CT molecular complexity index is 1900. The number of pyridine rings is 1. The zero-order valence-corrected chi connectivity index (χ0v) is 26.7. The van der Waals surface area contributed by atoms with Crippen molar-refractivity contribution in [2.45, 2.75) is 52.9 Å². The molecule has 0 saturated carbocycles. The van der Waals surface area contributed by atoms with E-state index >= 15 is 0 Å². The van der Waals surface area contributed by atoms with Crippen molar-refractivity contribution in [1.29, 1.82) is 0 Å². The van der Waals surface area contributed by atoms with Crippen LogP contribution in [0.15, 0.2) is 72.9 Å². The van der Waals surface area contributed by atoms with Crippen molar-refractivity contribution < 1.29 is 23.8 Å². The van der Waals surface area contributed by atoms with Crippen molar-refractivity contribution in [1.82, 2.24) is 19.7 Å². The van der Waals surface area contributed by atoms with Gasteiger partial charge in [-0.05, 0) is 68.5 Å². The van der Waals surface area contributed by atoms with Gasteiger partial charge in [-0.15, -0.1) is 0 Å². The van der Waals surface area contributed by atoms with Gasteiger partial charge in [0.15, 0.2) is 0 Å². The lowest BCUT2D eigenvalue weighted by Crippen LogP contribution is -2.53. The number of anilines is 1. The first-order chi connectivity index (χ1) is 22.1. The monoisotopic (exact) mass is 621 g/mol. The number of aromatic nitrogens is 3. The second-order valence-corrected chi connectivity index (χ2v) is 12.6. The molecule has 0 spiro atoms. The molecule has 3 aromatic carbocycles. The molecule has 1 fully saturated rings. The molecule has 0 unspecified atom stereocenters. The summed E-state index contributed by atoms with van der Waals surface area (Å²) in [6.07, 6.45) is 1.55. The van der Waals surface area contributed by atoms with E-state index in [4.69, 9.17) is 25.0 Å². The van der Waals surface area contributed by atoms with Gasteiger partial charge in [0.25, 0.3) is 0 Å². The number of rotatable bonds is 9. The van der Waals surface area contributed by atoms with Gasteiger partial charge < -0.3 is 24.8 Å². The third-order valence-corrected chi connectivity index (χ3v) is 8.01. The third-order valence-electron chi connectivity index (χ3n) is 8.01. The summed E-state index contributed by atoms with van der Waals surface area (Å²) in [6.45, 7) is 9.74. The predicted octanol–water partition coefficient (Wildman–Crippen LogP) is 6.39. The Morgan fingerprint density at radius 1 is 0.978 bits per heavy atom. The molecule has 0 bridgehead atoms. The summed E-state index contributed by atoms with van der Waals surface area (Å²) >= 11 is 0. The van der Waals surface area contributed by atoms with E-state index in [1.54, 1.807) is 18.0 Å². The molecule has 238 valence electrons. The van der Waals surface area contributed by atoms with Crippen LogP contribution in [0, 0.1) is 5.92 Å². The standard InChI is InChI=1S/C36H39N5O5/c1-5-44-33(42)18-25-9-6-7-12-32(25)45-22-31-29-17-24(26-10-8-11-28-27(26)15-16-38-34(28)37)13-14-30(29)39-41(31)21-23-19-40(20-23)35(43)46-36(2,3)4/h6-17,23H,5,18-22H2,1-4H3,(H2,37,38). The minimum Gasteiger partial charge on any atom is -0.487 e. The Labute approximate surface area is 268 Å². The van der Waals surface area contributed by atoms with Gasteiger partial charge in [0.05, 0.1) is 24.2 Å². The van der Waals surface area contributed by atoms with E-state index in [1.165, 1.54) is 0 Å².